The predicted molar refractivity (Wildman–Crippen MR) is 66.9 cm³/mol. The molecule has 0 aliphatic carbocycles. The van der Waals surface area contributed by atoms with Crippen molar-refractivity contribution in [3.63, 3.8) is 0 Å². The average molecular weight is 246 g/mol. The number of rotatable bonds is 2. The second-order valence-electron chi connectivity index (χ2n) is 3.71. The van der Waals surface area contributed by atoms with Gasteiger partial charge in [-0.15, -0.1) is 0 Å². The standard InChI is InChI=1S/C13H11FN2O2/c14-10-5-2-6-11(15)12(10)16-13(18)8-3-1-4-9(17)7-8/h1-7,17H,15H2,(H,16,18). The van der Waals surface area contributed by atoms with Gasteiger partial charge in [0.25, 0.3) is 5.91 Å². The summed E-state index contributed by atoms with van der Waals surface area (Å²) in [6.07, 6.45) is 0. The smallest absolute Gasteiger partial charge is 0.255 e. The van der Waals surface area contributed by atoms with Gasteiger partial charge in [0.15, 0.2) is 0 Å². The third-order valence-electron chi connectivity index (χ3n) is 2.39. The van der Waals surface area contributed by atoms with E-state index in [1.54, 1.807) is 0 Å². The highest BCUT2D eigenvalue weighted by molar-refractivity contribution is 6.06. The number of phenolic OH excluding ortho intramolecular Hbond substituents is 1. The molecule has 4 N–H and O–H groups in total. The van der Waals surface area contributed by atoms with E-state index in [2.05, 4.69) is 5.32 Å². The lowest BCUT2D eigenvalue weighted by molar-refractivity contribution is 0.102. The molecule has 0 spiro atoms. The fourth-order valence-electron chi connectivity index (χ4n) is 1.51. The summed E-state index contributed by atoms with van der Waals surface area (Å²) in [6.45, 7) is 0. The van der Waals surface area contributed by atoms with Crippen molar-refractivity contribution >= 4 is 17.3 Å². The fraction of sp³-hybridized carbons (Fsp3) is 0. The molecule has 2 aromatic rings. The van der Waals surface area contributed by atoms with Crippen LogP contribution in [0.15, 0.2) is 42.5 Å². The van der Waals surface area contributed by atoms with Crippen molar-refractivity contribution in [1.29, 1.82) is 0 Å². The number of carbonyl (C=O) groups is 1. The van der Waals surface area contributed by atoms with E-state index < -0.39 is 11.7 Å². The van der Waals surface area contributed by atoms with Gasteiger partial charge in [-0.25, -0.2) is 4.39 Å². The van der Waals surface area contributed by atoms with E-state index in [-0.39, 0.29) is 22.7 Å². The number of nitrogen functional groups attached to an aromatic ring is 1. The Bertz CT molecular complexity index is 579. The quantitative estimate of drug-likeness (QED) is 0.712. The minimum atomic E-state index is -0.608. The highest BCUT2D eigenvalue weighted by Crippen LogP contribution is 2.23. The van der Waals surface area contributed by atoms with Crippen LogP contribution in [0.25, 0.3) is 0 Å². The molecule has 0 unspecified atom stereocenters. The molecule has 0 atom stereocenters. The fourth-order valence-corrected chi connectivity index (χ4v) is 1.51. The van der Waals surface area contributed by atoms with Gasteiger partial charge in [-0.05, 0) is 30.3 Å². The summed E-state index contributed by atoms with van der Waals surface area (Å²) >= 11 is 0. The number of carbonyl (C=O) groups excluding carboxylic acids is 1. The van der Waals surface area contributed by atoms with Crippen LogP contribution in [0.3, 0.4) is 0 Å². The summed E-state index contributed by atoms with van der Waals surface area (Å²) in [4.78, 5) is 11.8. The highest BCUT2D eigenvalue weighted by Gasteiger charge is 2.11. The van der Waals surface area contributed by atoms with Gasteiger partial charge in [-0.2, -0.15) is 0 Å². The zero-order chi connectivity index (χ0) is 13.1. The Morgan fingerprint density at radius 1 is 1.22 bits per heavy atom. The molecule has 0 aromatic heterocycles. The number of para-hydroxylation sites is 1. The van der Waals surface area contributed by atoms with E-state index in [0.29, 0.717) is 0 Å². The number of hydrogen-bond donors (Lipinski definition) is 3. The van der Waals surface area contributed by atoms with E-state index in [4.69, 9.17) is 5.73 Å². The van der Waals surface area contributed by atoms with E-state index in [1.165, 1.54) is 42.5 Å². The van der Waals surface area contributed by atoms with Crippen LogP contribution in [0, 0.1) is 5.82 Å². The highest BCUT2D eigenvalue weighted by atomic mass is 19.1. The third kappa shape index (κ3) is 2.40. The minimum Gasteiger partial charge on any atom is -0.508 e. The number of benzene rings is 2. The number of halogens is 1. The first-order valence-electron chi connectivity index (χ1n) is 5.22. The monoisotopic (exact) mass is 246 g/mol. The van der Waals surface area contributed by atoms with Gasteiger partial charge in [0.05, 0.1) is 5.69 Å². The SMILES string of the molecule is Nc1cccc(F)c1NC(=O)c1cccc(O)c1. The molecule has 0 heterocycles. The lowest BCUT2D eigenvalue weighted by Crippen LogP contribution is -2.14. The Labute approximate surface area is 103 Å². The Balaban J connectivity index is 2.27. The lowest BCUT2D eigenvalue weighted by atomic mass is 10.2. The van der Waals surface area contributed by atoms with E-state index in [1.807, 2.05) is 0 Å². The topological polar surface area (TPSA) is 75.3 Å². The molecule has 0 saturated heterocycles. The maximum Gasteiger partial charge on any atom is 0.255 e. The van der Waals surface area contributed by atoms with Crippen LogP contribution in [-0.4, -0.2) is 11.0 Å². The Morgan fingerprint density at radius 3 is 2.61 bits per heavy atom. The van der Waals surface area contributed by atoms with E-state index in [0.717, 1.165) is 0 Å². The molecule has 18 heavy (non-hydrogen) atoms. The second kappa shape index (κ2) is 4.75. The predicted octanol–water partition coefficient (Wildman–Crippen LogP) is 2.37. The normalized spacial score (nSPS) is 10.1. The molecule has 0 radical (unpaired) electrons. The molecule has 0 saturated carbocycles. The van der Waals surface area contributed by atoms with E-state index in [9.17, 15) is 14.3 Å². The molecule has 5 heteroatoms. The summed E-state index contributed by atoms with van der Waals surface area (Å²) in [6, 6.07) is 9.89. The second-order valence-corrected chi connectivity index (χ2v) is 3.71. The molecule has 4 nitrogen and oxygen atoms in total. The number of nitrogens with one attached hydrogen (secondary N) is 1. The number of phenols is 1. The minimum absolute atomic E-state index is 0.0378. The van der Waals surface area contributed by atoms with Crippen LogP contribution in [0.1, 0.15) is 10.4 Å². The van der Waals surface area contributed by atoms with Gasteiger partial charge in [0.2, 0.25) is 0 Å². The molecule has 1 amide bonds. The number of amides is 1. The van der Waals surface area contributed by atoms with E-state index >= 15 is 0 Å². The summed E-state index contributed by atoms with van der Waals surface area (Å²) in [5, 5.41) is 11.6. The van der Waals surface area contributed by atoms with Gasteiger partial charge in [-0.3, -0.25) is 4.79 Å². The van der Waals surface area contributed by atoms with Gasteiger partial charge in [0.1, 0.15) is 17.3 Å². The Kier molecular flexibility index (Phi) is 3.14. The van der Waals surface area contributed by atoms with Crippen molar-refractivity contribution in [1.82, 2.24) is 0 Å². The van der Waals surface area contributed by atoms with Crippen molar-refractivity contribution in [2.45, 2.75) is 0 Å². The van der Waals surface area contributed by atoms with Crippen LogP contribution >= 0.6 is 0 Å². The maximum absolute atomic E-state index is 13.5. The Morgan fingerprint density at radius 2 is 1.94 bits per heavy atom. The van der Waals surface area contributed by atoms with Crippen molar-refractivity contribution in [3.8, 4) is 5.75 Å². The average Bonchev–Trinajstić information content (AvgIpc) is 2.34. The molecule has 0 aliphatic heterocycles. The Hall–Kier alpha value is -2.56. The lowest BCUT2D eigenvalue weighted by Gasteiger charge is -2.09. The van der Waals surface area contributed by atoms with Crippen molar-refractivity contribution in [2.75, 3.05) is 11.1 Å². The summed E-state index contributed by atoms with van der Waals surface area (Å²) < 4.78 is 13.5. The first-order chi connectivity index (χ1) is 8.58. The third-order valence-corrected chi connectivity index (χ3v) is 2.39. The van der Waals surface area contributed by atoms with Crippen molar-refractivity contribution in [2.24, 2.45) is 0 Å². The van der Waals surface area contributed by atoms with Crippen LogP contribution < -0.4 is 11.1 Å². The molecule has 0 aliphatic rings. The van der Waals surface area contributed by atoms with Gasteiger partial charge >= 0.3 is 0 Å². The molecule has 2 rings (SSSR count). The summed E-state index contributed by atoms with van der Waals surface area (Å²) in [7, 11) is 0. The number of nitrogens with two attached hydrogens (primary N) is 1. The number of hydrogen-bond acceptors (Lipinski definition) is 3. The number of aromatic hydroxyl groups is 1. The molecular formula is C13H11FN2O2. The number of anilines is 2. The van der Waals surface area contributed by atoms with Crippen LogP contribution in [0.4, 0.5) is 15.8 Å². The van der Waals surface area contributed by atoms with Gasteiger partial charge < -0.3 is 16.2 Å². The summed E-state index contributed by atoms with van der Waals surface area (Å²) in [5.74, 6) is -1.18. The largest absolute Gasteiger partial charge is 0.508 e. The summed E-state index contributed by atoms with van der Waals surface area (Å²) in [5.41, 5.74) is 5.87. The molecule has 2 aromatic carbocycles. The molecule has 0 bridgehead atoms. The zero-order valence-corrected chi connectivity index (χ0v) is 9.35. The molecule has 92 valence electrons. The van der Waals surface area contributed by atoms with Crippen LogP contribution in [0.5, 0.6) is 5.75 Å². The first-order valence-corrected chi connectivity index (χ1v) is 5.22. The molecule has 0 fully saturated rings. The maximum atomic E-state index is 13.5. The zero-order valence-electron chi connectivity index (χ0n) is 9.35. The molecular weight excluding hydrogens is 235 g/mol. The van der Waals surface area contributed by atoms with Gasteiger partial charge in [-0.1, -0.05) is 12.1 Å². The van der Waals surface area contributed by atoms with Crippen molar-refractivity contribution < 1.29 is 14.3 Å². The first kappa shape index (κ1) is 11.9. The van der Waals surface area contributed by atoms with Gasteiger partial charge in [0, 0.05) is 5.56 Å². The van der Waals surface area contributed by atoms with Crippen LogP contribution in [-0.2, 0) is 0 Å². The van der Waals surface area contributed by atoms with Crippen LogP contribution in [0.2, 0.25) is 0 Å². The van der Waals surface area contributed by atoms with Crippen molar-refractivity contribution in [3.05, 3.63) is 53.8 Å².